The van der Waals surface area contributed by atoms with E-state index in [1.165, 1.54) is 12.1 Å². The molecular weight excluding hydrogens is 334 g/mol. The predicted octanol–water partition coefficient (Wildman–Crippen LogP) is 2.92. The number of esters is 1. The smallest absolute Gasteiger partial charge is 0.340 e. The molecule has 0 aliphatic heterocycles. The number of aryl methyl sites for hydroxylation is 1. The molecule has 0 atom stereocenters. The van der Waals surface area contributed by atoms with Gasteiger partial charge in [-0.05, 0) is 37.6 Å². The van der Waals surface area contributed by atoms with Crippen molar-refractivity contribution in [3.8, 4) is 0 Å². The number of unbranched alkanes of at least 4 members (excludes halogenated alkanes) is 1. The summed E-state index contributed by atoms with van der Waals surface area (Å²) in [5.74, 6) is -2.05. The van der Waals surface area contributed by atoms with E-state index in [4.69, 9.17) is 4.74 Å². The maximum Gasteiger partial charge on any atom is 0.340 e. The second-order valence-corrected chi connectivity index (χ2v) is 5.61. The summed E-state index contributed by atoms with van der Waals surface area (Å²) >= 11 is 0. The highest BCUT2D eigenvalue weighted by molar-refractivity contribution is 6.43. The largest absolute Gasteiger partial charge is 0.462 e. The van der Waals surface area contributed by atoms with Crippen molar-refractivity contribution in [3.05, 3.63) is 53.7 Å². The summed E-state index contributed by atoms with van der Waals surface area (Å²) in [6, 6.07) is 11.4. The van der Waals surface area contributed by atoms with Gasteiger partial charge in [-0.25, -0.2) is 9.78 Å². The zero-order chi connectivity index (χ0) is 18.9. The molecule has 2 amide bonds. The van der Waals surface area contributed by atoms with Crippen molar-refractivity contribution in [2.75, 3.05) is 17.2 Å². The van der Waals surface area contributed by atoms with Crippen LogP contribution in [0, 0.1) is 6.92 Å². The van der Waals surface area contributed by atoms with Crippen molar-refractivity contribution in [1.29, 1.82) is 0 Å². The van der Waals surface area contributed by atoms with Crippen LogP contribution in [0.25, 0.3) is 0 Å². The molecule has 7 heteroatoms. The lowest BCUT2D eigenvalue weighted by Gasteiger charge is -2.11. The summed E-state index contributed by atoms with van der Waals surface area (Å²) < 4.78 is 5.16. The molecule has 0 saturated heterocycles. The van der Waals surface area contributed by atoms with Gasteiger partial charge in [-0.15, -0.1) is 0 Å². The first kappa shape index (κ1) is 19.1. The predicted molar refractivity (Wildman–Crippen MR) is 97.9 cm³/mol. The molecule has 1 aromatic heterocycles. The van der Waals surface area contributed by atoms with Crippen LogP contribution in [0.3, 0.4) is 0 Å². The summed E-state index contributed by atoms with van der Waals surface area (Å²) in [5.41, 5.74) is 1.12. The molecule has 1 heterocycles. The molecule has 136 valence electrons. The number of para-hydroxylation sites is 1. The second kappa shape index (κ2) is 9.31. The van der Waals surface area contributed by atoms with Crippen molar-refractivity contribution in [2.24, 2.45) is 0 Å². The fourth-order valence-corrected chi connectivity index (χ4v) is 2.12. The Bertz CT molecular complexity index is 805. The van der Waals surface area contributed by atoms with Gasteiger partial charge in [0.2, 0.25) is 0 Å². The number of carbonyl (C=O) groups is 3. The number of benzene rings is 1. The third kappa shape index (κ3) is 5.41. The third-order valence-corrected chi connectivity index (χ3v) is 3.46. The minimum Gasteiger partial charge on any atom is -0.462 e. The highest BCUT2D eigenvalue weighted by Crippen LogP contribution is 2.16. The van der Waals surface area contributed by atoms with Crippen molar-refractivity contribution >= 4 is 29.3 Å². The van der Waals surface area contributed by atoms with E-state index in [9.17, 15) is 14.4 Å². The highest BCUT2D eigenvalue weighted by atomic mass is 16.5. The Morgan fingerprint density at radius 1 is 1.00 bits per heavy atom. The van der Waals surface area contributed by atoms with E-state index in [1.54, 1.807) is 37.3 Å². The quantitative estimate of drug-likeness (QED) is 0.472. The van der Waals surface area contributed by atoms with Gasteiger partial charge in [0.05, 0.1) is 17.9 Å². The number of hydrogen-bond donors (Lipinski definition) is 2. The Labute approximate surface area is 151 Å². The average molecular weight is 355 g/mol. The van der Waals surface area contributed by atoms with E-state index >= 15 is 0 Å². The van der Waals surface area contributed by atoms with Crippen LogP contribution in [-0.4, -0.2) is 29.4 Å². The zero-order valence-corrected chi connectivity index (χ0v) is 14.7. The summed E-state index contributed by atoms with van der Waals surface area (Å²) in [4.78, 5) is 40.4. The minimum atomic E-state index is -0.901. The number of hydrogen-bond acceptors (Lipinski definition) is 5. The fourth-order valence-electron chi connectivity index (χ4n) is 2.12. The van der Waals surface area contributed by atoms with E-state index < -0.39 is 17.8 Å². The topological polar surface area (TPSA) is 97.4 Å². The molecule has 2 rings (SSSR count). The van der Waals surface area contributed by atoms with Gasteiger partial charge in [0.25, 0.3) is 0 Å². The normalized spacial score (nSPS) is 10.1. The highest BCUT2D eigenvalue weighted by Gasteiger charge is 2.19. The van der Waals surface area contributed by atoms with E-state index in [1.807, 2.05) is 6.92 Å². The molecule has 0 saturated carbocycles. The fraction of sp³-hybridized carbons (Fsp3) is 0.263. The standard InChI is InChI=1S/C19H21N3O4/c1-3-4-12-26-19(25)14-9-5-6-10-15(14)21-17(23)18(24)22-16-11-7-8-13(2)20-16/h5-11H,3-4,12H2,1-2H3,(H,21,23)(H,20,22,24). The second-order valence-electron chi connectivity index (χ2n) is 5.61. The van der Waals surface area contributed by atoms with Gasteiger partial charge >= 0.3 is 17.8 Å². The van der Waals surface area contributed by atoms with Gasteiger partial charge in [-0.2, -0.15) is 0 Å². The number of nitrogens with one attached hydrogen (secondary N) is 2. The summed E-state index contributed by atoms with van der Waals surface area (Å²) in [6.07, 6.45) is 1.66. The maximum atomic E-state index is 12.1. The van der Waals surface area contributed by atoms with Crippen molar-refractivity contribution in [1.82, 2.24) is 4.98 Å². The lowest BCUT2D eigenvalue weighted by Crippen LogP contribution is -2.30. The van der Waals surface area contributed by atoms with Crippen molar-refractivity contribution < 1.29 is 19.1 Å². The summed E-state index contributed by atoms with van der Waals surface area (Å²) in [7, 11) is 0. The molecule has 0 aliphatic carbocycles. The van der Waals surface area contributed by atoms with Crippen LogP contribution < -0.4 is 10.6 Å². The van der Waals surface area contributed by atoms with Gasteiger partial charge in [0.15, 0.2) is 0 Å². The molecule has 2 N–H and O–H groups in total. The van der Waals surface area contributed by atoms with Crippen molar-refractivity contribution in [3.63, 3.8) is 0 Å². The Morgan fingerprint density at radius 3 is 2.46 bits per heavy atom. The minimum absolute atomic E-state index is 0.193. The number of anilines is 2. The Balaban J connectivity index is 2.04. The monoisotopic (exact) mass is 355 g/mol. The molecule has 0 spiro atoms. The number of carbonyl (C=O) groups excluding carboxylic acids is 3. The van der Waals surface area contributed by atoms with E-state index in [2.05, 4.69) is 15.6 Å². The molecule has 0 unspecified atom stereocenters. The van der Waals surface area contributed by atoms with Gasteiger partial charge in [-0.1, -0.05) is 31.5 Å². The van der Waals surface area contributed by atoms with Crippen LogP contribution in [0.4, 0.5) is 11.5 Å². The van der Waals surface area contributed by atoms with Crippen LogP contribution in [0.2, 0.25) is 0 Å². The number of nitrogens with zero attached hydrogens (tertiary/aromatic N) is 1. The van der Waals surface area contributed by atoms with Crippen molar-refractivity contribution in [2.45, 2.75) is 26.7 Å². The van der Waals surface area contributed by atoms with Crippen LogP contribution >= 0.6 is 0 Å². The first-order chi connectivity index (χ1) is 12.5. The third-order valence-electron chi connectivity index (χ3n) is 3.46. The molecular formula is C19H21N3O4. The average Bonchev–Trinajstić information content (AvgIpc) is 2.62. The Hall–Kier alpha value is -3.22. The maximum absolute atomic E-state index is 12.1. The molecule has 0 bridgehead atoms. The van der Waals surface area contributed by atoms with Gasteiger partial charge in [-0.3, -0.25) is 9.59 Å². The number of amides is 2. The molecule has 0 radical (unpaired) electrons. The zero-order valence-electron chi connectivity index (χ0n) is 14.7. The van der Waals surface area contributed by atoms with E-state index in [-0.39, 0.29) is 17.1 Å². The van der Waals surface area contributed by atoms with Gasteiger partial charge in [0.1, 0.15) is 5.82 Å². The number of rotatable bonds is 6. The molecule has 26 heavy (non-hydrogen) atoms. The molecule has 7 nitrogen and oxygen atoms in total. The molecule has 0 aliphatic rings. The molecule has 2 aromatic rings. The van der Waals surface area contributed by atoms with E-state index in [0.717, 1.165) is 12.8 Å². The first-order valence-electron chi connectivity index (χ1n) is 8.33. The van der Waals surface area contributed by atoms with Crippen LogP contribution in [-0.2, 0) is 14.3 Å². The van der Waals surface area contributed by atoms with Crippen LogP contribution in [0.5, 0.6) is 0 Å². The SMILES string of the molecule is CCCCOC(=O)c1ccccc1NC(=O)C(=O)Nc1cccc(C)n1. The number of ether oxygens (including phenoxy) is 1. The number of pyridine rings is 1. The van der Waals surface area contributed by atoms with Crippen LogP contribution in [0.1, 0.15) is 35.8 Å². The summed E-state index contributed by atoms with van der Waals surface area (Å²) in [5, 5.41) is 4.85. The first-order valence-corrected chi connectivity index (χ1v) is 8.33. The lowest BCUT2D eigenvalue weighted by atomic mass is 10.1. The molecule has 1 aromatic carbocycles. The van der Waals surface area contributed by atoms with E-state index in [0.29, 0.717) is 12.3 Å². The Kier molecular flexibility index (Phi) is 6.84. The lowest BCUT2D eigenvalue weighted by molar-refractivity contribution is -0.133. The Morgan fingerprint density at radius 2 is 1.73 bits per heavy atom. The van der Waals surface area contributed by atoms with Gasteiger partial charge < -0.3 is 15.4 Å². The molecule has 0 fully saturated rings. The van der Waals surface area contributed by atoms with Gasteiger partial charge in [0, 0.05) is 5.69 Å². The van der Waals surface area contributed by atoms with Crippen LogP contribution in [0.15, 0.2) is 42.5 Å². The number of aromatic nitrogens is 1. The summed E-state index contributed by atoms with van der Waals surface area (Å²) in [6.45, 7) is 4.07.